The first-order valence-corrected chi connectivity index (χ1v) is 13.3. The van der Waals surface area contributed by atoms with Crippen LogP contribution < -0.4 is 11.0 Å². The largest absolute Gasteiger partial charge is 0.349 e. The summed E-state index contributed by atoms with van der Waals surface area (Å²) in [5.41, 5.74) is 4.59. The zero-order valence-electron chi connectivity index (χ0n) is 21.1. The Morgan fingerprint density at radius 2 is 1.71 bits per heavy atom. The van der Waals surface area contributed by atoms with Crippen molar-refractivity contribution in [3.05, 3.63) is 99.8 Å². The van der Waals surface area contributed by atoms with E-state index in [-0.39, 0.29) is 17.6 Å². The Labute approximate surface area is 225 Å². The number of para-hydroxylation sites is 3. The highest BCUT2D eigenvalue weighted by atomic mass is 35.5. The average molecular weight is 526 g/mol. The van der Waals surface area contributed by atoms with Gasteiger partial charge >= 0.3 is 5.69 Å². The SMILES string of the molecule is Cc1ncc(Cl)cc1C(=O)N[C@H]1CC[C@H](Cn2c(=O)n(-c3cnc4ccccc4c3)c3ccccc32)CC1. The number of hydrogen-bond acceptors (Lipinski definition) is 4. The lowest BCUT2D eigenvalue weighted by Gasteiger charge is -2.29. The standard InChI is InChI=1S/C30H28ClN5O2/c1-19-25(15-22(31)16-32-19)29(37)34-23-12-10-20(11-13-23)18-35-27-8-4-5-9-28(27)36(30(35)38)24-14-21-6-2-3-7-26(21)33-17-24/h2-9,14-17,20,23H,10-13,18H2,1H3,(H,34,37)/t20-,23-. The fourth-order valence-electron chi connectivity index (χ4n) is 5.56. The highest BCUT2D eigenvalue weighted by molar-refractivity contribution is 6.30. The number of carbonyl (C=O) groups excluding carboxylic acids is 1. The Morgan fingerprint density at radius 3 is 2.53 bits per heavy atom. The van der Waals surface area contributed by atoms with Gasteiger partial charge in [0, 0.05) is 24.2 Å². The van der Waals surface area contributed by atoms with Crippen molar-refractivity contribution in [1.82, 2.24) is 24.4 Å². The zero-order chi connectivity index (χ0) is 26.2. The van der Waals surface area contributed by atoms with Crippen LogP contribution in [0.15, 0.2) is 77.9 Å². The summed E-state index contributed by atoms with van der Waals surface area (Å²) in [5, 5.41) is 4.60. The van der Waals surface area contributed by atoms with E-state index in [0.717, 1.165) is 53.3 Å². The van der Waals surface area contributed by atoms with Gasteiger partial charge in [0.2, 0.25) is 0 Å². The predicted molar refractivity (Wildman–Crippen MR) is 150 cm³/mol. The Morgan fingerprint density at radius 1 is 0.974 bits per heavy atom. The fourth-order valence-corrected chi connectivity index (χ4v) is 5.72. The van der Waals surface area contributed by atoms with E-state index >= 15 is 0 Å². The second-order valence-electron chi connectivity index (χ2n) is 10.1. The lowest BCUT2D eigenvalue weighted by molar-refractivity contribution is 0.0919. The number of nitrogens with one attached hydrogen (secondary N) is 1. The summed E-state index contributed by atoms with van der Waals surface area (Å²) in [4.78, 5) is 35.3. The molecule has 1 aliphatic carbocycles. The molecule has 0 saturated heterocycles. The molecule has 2 aromatic carbocycles. The first-order chi connectivity index (χ1) is 18.5. The van der Waals surface area contributed by atoms with Crippen molar-refractivity contribution in [1.29, 1.82) is 0 Å². The van der Waals surface area contributed by atoms with Crippen molar-refractivity contribution in [3.63, 3.8) is 0 Å². The van der Waals surface area contributed by atoms with Crippen LogP contribution in [0.3, 0.4) is 0 Å². The van der Waals surface area contributed by atoms with Gasteiger partial charge in [-0.3, -0.25) is 23.9 Å². The summed E-state index contributed by atoms with van der Waals surface area (Å²) in [6.07, 6.45) is 6.92. The van der Waals surface area contributed by atoms with Crippen LogP contribution in [0.2, 0.25) is 5.02 Å². The van der Waals surface area contributed by atoms with Crippen LogP contribution in [0, 0.1) is 12.8 Å². The molecule has 1 saturated carbocycles. The molecule has 3 aromatic heterocycles. The molecule has 5 aromatic rings. The van der Waals surface area contributed by atoms with Crippen LogP contribution in [0.5, 0.6) is 0 Å². The number of hydrogen-bond donors (Lipinski definition) is 1. The molecular weight excluding hydrogens is 498 g/mol. The van der Waals surface area contributed by atoms with Crippen molar-refractivity contribution < 1.29 is 4.79 Å². The molecule has 1 aliphatic rings. The molecule has 1 N–H and O–H groups in total. The molecule has 0 spiro atoms. The predicted octanol–water partition coefficient (Wildman–Crippen LogP) is 5.69. The number of imidazole rings is 1. The van der Waals surface area contributed by atoms with Crippen LogP contribution in [0.25, 0.3) is 27.6 Å². The van der Waals surface area contributed by atoms with E-state index in [2.05, 4.69) is 15.3 Å². The van der Waals surface area contributed by atoms with Crippen LogP contribution in [0.4, 0.5) is 0 Å². The summed E-state index contributed by atoms with van der Waals surface area (Å²) in [7, 11) is 0. The third-order valence-corrected chi connectivity index (χ3v) is 7.80. The average Bonchev–Trinajstić information content (AvgIpc) is 3.21. The van der Waals surface area contributed by atoms with Crippen LogP contribution >= 0.6 is 11.6 Å². The molecule has 8 heteroatoms. The van der Waals surface area contributed by atoms with Gasteiger partial charge in [-0.2, -0.15) is 0 Å². The number of pyridine rings is 2. The van der Waals surface area contributed by atoms with Crippen LogP contribution in [0.1, 0.15) is 41.7 Å². The maximum Gasteiger partial charge on any atom is 0.333 e. The number of rotatable bonds is 5. The number of nitrogens with zero attached hydrogens (tertiary/aromatic N) is 4. The Bertz CT molecular complexity index is 1720. The normalized spacial score (nSPS) is 17.6. The first kappa shape index (κ1) is 24.4. The molecule has 0 aliphatic heterocycles. The lowest BCUT2D eigenvalue weighted by atomic mass is 9.85. The van der Waals surface area contributed by atoms with Crippen molar-refractivity contribution in [2.75, 3.05) is 0 Å². The minimum Gasteiger partial charge on any atom is -0.349 e. The molecule has 0 unspecified atom stereocenters. The van der Waals surface area contributed by atoms with Gasteiger partial charge in [-0.1, -0.05) is 41.9 Å². The Hall–Kier alpha value is -3.97. The van der Waals surface area contributed by atoms with Gasteiger partial charge in [0.05, 0.1) is 44.7 Å². The van der Waals surface area contributed by atoms with Gasteiger partial charge in [0.15, 0.2) is 0 Å². The number of amides is 1. The van der Waals surface area contributed by atoms with Crippen molar-refractivity contribution in [2.24, 2.45) is 5.92 Å². The van der Waals surface area contributed by atoms with Crippen LogP contribution in [-0.2, 0) is 6.54 Å². The van der Waals surface area contributed by atoms with Crippen LogP contribution in [-0.4, -0.2) is 31.1 Å². The minimum absolute atomic E-state index is 0.0531. The second kappa shape index (κ2) is 10.1. The maximum atomic E-state index is 13.7. The summed E-state index contributed by atoms with van der Waals surface area (Å²) in [6.45, 7) is 2.45. The third kappa shape index (κ3) is 4.58. The van der Waals surface area contributed by atoms with Gasteiger partial charge in [-0.05, 0) is 68.9 Å². The summed E-state index contributed by atoms with van der Waals surface area (Å²) in [6, 6.07) is 19.6. The summed E-state index contributed by atoms with van der Waals surface area (Å²) in [5.74, 6) is 0.216. The van der Waals surface area contributed by atoms with E-state index in [0.29, 0.717) is 28.7 Å². The molecule has 0 bridgehead atoms. The van der Waals surface area contributed by atoms with E-state index < -0.39 is 0 Å². The quantitative estimate of drug-likeness (QED) is 0.320. The zero-order valence-corrected chi connectivity index (χ0v) is 21.9. The molecule has 7 nitrogen and oxygen atoms in total. The number of halogens is 1. The van der Waals surface area contributed by atoms with E-state index in [1.165, 1.54) is 0 Å². The number of fused-ring (bicyclic) bond motifs is 2. The molecular formula is C30H28ClN5O2. The number of carbonyl (C=O) groups is 1. The minimum atomic E-state index is -0.135. The Kier molecular flexibility index (Phi) is 6.45. The number of aryl methyl sites for hydroxylation is 1. The fraction of sp³-hybridized carbons (Fsp3) is 0.267. The van der Waals surface area contributed by atoms with E-state index in [4.69, 9.17) is 11.6 Å². The van der Waals surface area contributed by atoms with E-state index in [1.807, 2.05) is 66.1 Å². The second-order valence-corrected chi connectivity index (χ2v) is 10.5. The number of aromatic nitrogens is 4. The maximum absolute atomic E-state index is 13.7. The molecule has 192 valence electrons. The third-order valence-electron chi connectivity index (χ3n) is 7.59. The summed E-state index contributed by atoms with van der Waals surface area (Å²) >= 11 is 6.04. The number of benzene rings is 2. The molecule has 0 radical (unpaired) electrons. The molecule has 3 heterocycles. The van der Waals surface area contributed by atoms with Gasteiger partial charge in [0.1, 0.15) is 0 Å². The van der Waals surface area contributed by atoms with E-state index in [9.17, 15) is 9.59 Å². The molecule has 1 amide bonds. The summed E-state index contributed by atoms with van der Waals surface area (Å²) < 4.78 is 3.66. The molecule has 38 heavy (non-hydrogen) atoms. The monoisotopic (exact) mass is 525 g/mol. The molecule has 1 fully saturated rings. The topological polar surface area (TPSA) is 81.8 Å². The van der Waals surface area contributed by atoms with E-state index in [1.54, 1.807) is 23.0 Å². The first-order valence-electron chi connectivity index (χ1n) is 13.0. The smallest absolute Gasteiger partial charge is 0.333 e. The van der Waals surface area contributed by atoms with Crippen molar-refractivity contribution in [3.8, 4) is 5.69 Å². The van der Waals surface area contributed by atoms with Gasteiger partial charge in [-0.15, -0.1) is 0 Å². The molecule has 0 atom stereocenters. The highest BCUT2D eigenvalue weighted by Gasteiger charge is 2.25. The Balaban J connectivity index is 1.21. The van der Waals surface area contributed by atoms with Gasteiger partial charge in [0.25, 0.3) is 5.91 Å². The lowest BCUT2D eigenvalue weighted by Crippen LogP contribution is -2.39. The molecule has 6 rings (SSSR count). The van der Waals surface area contributed by atoms with Crippen molar-refractivity contribution in [2.45, 2.75) is 45.2 Å². The van der Waals surface area contributed by atoms with Gasteiger partial charge in [-0.25, -0.2) is 4.79 Å². The highest BCUT2D eigenvalue weighted by Crippen LogP contribution is 2.28. The van der Waals surface area contributed by atoms with Crippen molar-refractivity contribution >= 4 is 39.4 Å². The van der Waals surface area contributed by atoms with Gasteiger partial charge < -0.3 is 5.32 Å².